The summed E-state index contributed by atoms with van der Waals surface area (Å²) in [6.07, 6.45) is 5.85. The van der Waals surface area contributed by atoms with E-state index in [4.69, 9.17) is 4.74 Å². The highest BCUT2D eigenvalue weighted by atomic mass is 127. The Bertz CT molecular complexity index is 611. The van der Waals surface area contributed by atoms with Crippen LogP contribution in [0.25, 0.3) is 6.08 Å². The number of methoxy groups -OCH3 is 1. The van der Waals surface area contributed by atoms with Gasteiger partial charge in [-0.15, -0.1) is 11.3 Å². The van der Waals surface area contributed by atoms with Crippen molar-refractivity contribution in [1.82, 2.24) is 4.90 Å². The first-order valence-corrected chi connectivity index (χ1v) is 9.36. The summed E-state index contributed by atoms with van der Waals surface area (Å²) in [4.78, 5) is 16.1. The van der Waals surface area contributed by atoms with E-state index in [-0.39, 0.29) is 11.9 Å². The molecule has 4 aliphatic rings. The second-order valence-corrected chi connectivity index (χ2v) is 9.23. The summed E-state index contributed by atoms with van der Waals surface area (Å²) >= 11 is 4.18. The van der Waals surface area contributed by atoms with E-state index in [2.05, 4.69) is 45.7 Å². The second kappa shape index (κ2) is 5.35. The molecule has 4 fully saturated rings. The van der Waals surface area contributed by atoms with Gasteiger partial charge in [0.05, 0.1) is 15.9 Å². The minimum absolute atomic E-state index is 0.0123. The molecule has 4 bridgehead atoms. The van der Waals surface area contributed by atoms with Gasteiger partial charge < -0.3 is 4.74 Å². The molecule has 0 spiro atoms. The number of rotatable bonds is 2. The molecule has 4 saturated heterocycles. The van der Waals surface area contributed by atoms with Gasteiger partial charge >= 0.3 is 5.97 Å². The fraction of sp³-hybridized carbons (Fsp3) is 0.562. The van der Waals surface area contributed by atoms with Crippen molar-refractivity contribution < 1.29 is 9.53 Å². The number of esters is 1. The Balaban J connectivity index is 1.69. The van der Waals surface area contributed by atoms with E-state index in [1.807, 2.05) is 11.3 Å². The Labute approximate surface area is 142 Å². The van der Waals surface area contributed by atoms with Crippen LogP contribution in [-0.4, -0.2) is 36.6 Å². The van der Waals surface area contributed by atoms with Crippen LogP contribution >= 0.6 is 33.9 Å². The molecule has 5 unspecified atom stereocenters. The van der Waals surface area contributed by atoms with E-state index in [0.717, 1.165) is 19.4 Å². The Morgan fingerprint density at radius 3 is 3.05 bits per heavy atom. The maximum Gasteiger partial charge on any atom is 0.310 e. The molecule has 5 heterocycles. The normalized spacial score (nSPS) is 39.0. The van der Waals surface area contributed by atoms with Gasteiger partial charge in [0.15, 0.2) is 0 Å². The Kier molecular flexibility index (Phi) is 3.62. The summed E-state index contributed by atoms with van der Waals surface area (Å²) in [7, 11) is 1.53. The molecule has 5 atom stereocenters. The lowest BCUT2D eigenvalue weighted by atomic mass is 9.71. The second-order valence-electron chi connectivity index (χ2n) is 6.22. The molecule has 112 valence electrons. The van der Waals surface area contributed by atoms with Gasteiger partial charge in [0.1, 0.15) is 0 Å². The number of nitrogens with zero attached hydrogens (tertiary/aromatic N) is 1. The molecule has 1 aromatic rings. The van der Waals surface area contributed by atoms with Gasteiger partial charge in [-0.05, 0) is 66.0 Å². The van der Waals surface area contributed by atoms with Crippen molar-refractivity contribution in [2.75, 3.05) is 13.7 Å². The van der Waals surface area contributed by atoms with Gasteiger partial charge in [-0.2, -0.15) is 0 Å². The standard InChI is InChI=1S/C16H18INO2S/c1-20-16(19)15-12-7-10-2-4-13(15)18(10)8-9(12)6-11-3-5-14(17)21-11/h3,5-6,10,12-13,15H,2,4,7-8H2,1H3/b9-6+. The average molecular weight is 415 g/mol. The number of carbonyl (C=O) groups excluding carboxylic acids is 1. The molecule has 21 heavy (non-hydrogen) atoms. The molecule has 5 rings (SSSR count). The van der Waals surface area contributed by atoms with Crippen LogP contribution in [0.1, 0.15) is 24.1 Å². The first-order valence-electron chi connectivity index (χ1n) is 7.46. The van der Waals surface area contributed by atoms with Crippen LogP contribution in [0.2, 0.25) is 0 Å². The predicted molar refractivity (Wildman–Crippen MR) is 92.1 cm³/mol. The summed E-state index contributed by atoms with van der Waals surface area (Å²) < 4.78 is 6.41. The van der Waals surface area contributed by atoms with Gasteiger partial charge in [-0.1, -0.05) is 5.57 Å². The number of thiophene rings is 1. The summed E-state index contributed by atoms with van der Waals surface area (Å²) in [5.41, 5.74) is 1.43. The molecule has 3 nitrogen and oxygen atoms in total. The van der Waals surface area contributed by atoms with Crippen molar-refractivity contribution in [2.24, 2.45) is 11.8 Å². The van der Waals surface area contributed by atoms with Gasteiger partial charge in [-0.3, -0.25) is 9.69 Å². The Morgan fingerprint density at radius 1 is 1.48 bits per heavy atom. The molecule has 0 saturated carbocycles. The molecule has 0 amide bonds. The van der Waals surface area contributed by atoms with Crippen LogP contribution in [-0.2, 0) is 9.53 Å². The first kappa shape index (κ1) is 14.2. The number of piperidine rings is 3. The molecule has 0 aromatic carbocycles. The lowest BCUT2D eigenvalue weighted by Crippen LogP contribution is -2.58. The largest absolute Gasteiger partial charge is 0.469 e. The van der Waals surface area contributed by atoms with E-state index < -0.39 is 0 Å². The number of ether oxygens (including phenoxy) is 1. The van der Waals surface area contributed by atoms with Crippen LogP contribution in [0.5, 0.6) is 0 Å². The van der Waals surface area contributed by atoms with E-state index in [1.165, 1.54) is 26.9 Å². The minimum Gasteiger partial charge on any atom is -0.469 e. The van der Waals surface area contributed by atoms with Crippen molar-refractivity contribution in [3.63, 3.8) is 0 Å². The summed E-state index contributed by atoms with van der Waals surface area (Å²) in [5.74, 6) is 0.425. The van der Waals surface area contributed by atoms with Crippen LogP contribution in [0.15, 0.2) is 17.7 Å². The molecular weight excluding hydrogens is 397 g/mol. The monoisotopic (exact) mass is 415 g/mol. The third kappa shape index (κ3) is 2.28. The fourth-order valence-electron chi connectivity index (χ4n) is 4.47. The lowest BCUT2D eigenvalue weighted by Gasteiger charge is -2.50. The molecule has 0 N–H and O–H groups in total. The third-order valence-electron chi connectivity index (χ3n) is 5.30. The zero-order valence-corrected chi connectivity index (χ0v) is 14.9. The highest BCUT2D eigenvalue weighted by molar-refractivity contribution is 14.1. The molecule has 0 aliphatic carbocycles. The number of hydrogen-bond acceptors (Lipinski definition) is 4. The summed E-state index contributed by atoms with van der Waals surface area (Å²) in [5, 5.41) is 0. The topological polar surface area (TPSA) is 29.5 Å². The van der Waals surface area contributed by atoms with E-state index in [1.54, 1.807) is 0 Å². The minimum atomic E-state index is -0.0123. The van der Waals surface area contributed by atoms with Crippen LogP contribution in [0.4, 0.5) is 0 Å². The zero-order chi connectivity index (χ0) is 14.6. The maximum absolute atomic E-state index is 12.3. The highest BCUT2D eigenvalue weighted by Gasteiger charge is 2.55. The molecule has 4 aliphatic heterocycles. The fourth-order valence-corrected chi connectivity index (χ4v) is 6.12. The first-order chi connectivity index (χ1) is 10.2. The van der Waals surface area contributed by atoms with E-state index in [0.29, 0.717) is 18.0 Å². The maximum atomic E-state index is 12.3. The van der Waals surface area contributed by atoms with Crippen molar-refractivity contribution in [3.05, 3.63) is 25.5 Å². The van der Waals surface area contributed by atoms with Gasteiger partial charge in [0.25, 0.3) is 0 Å². The van der Waals surface area contributed by atoms with Crippen molar-refractivity contribution in [1.29, 1.82) is 0 Å². The molecule has 0 radical (unpaired) electrons. The third-order valence-corrected chi connectivity index (χ3v) is 7.14. The van der Waals surface area contributed by atoms with Gasteiger partial charge in [0, 0.05) is 23.5 Å². The SMILES string of the molecule is COC(=O)C1C2CC3CCC1N3C/C2=C\c1ccc(I)s1. The number of halogens is 1. The predicted octanol–water partition coefficient (Wildman–Crippen LogP) is 3.39. The van der Waals surface area contributed by atoms with Crippen molar-refractivity contribution >= 4 is 46.0 Å². The lowest BCUT2D eigenvalue weighted by molar-refractivity contribution is -0.153. The number of fused-ring (bicyclic) bond motifs is 1. The van der Waals surface area contributed by atoms with Gasteiger partial charge in [0.2, 0.25) is 0 Å². The summed E-state index contributed by atoms with van der Waals surface area (Å²) in [6, 6.07) is 5.45. The Morgan fingerprint density at radius 2 is 2.33 bits per heavy atom. The zero-order valence-electron chi connectivity index (χ0n) is 11.9. The van der Waals surface area contributed by atoms with E-state index >= 15 is 0 Å². The smallest absolute Gasteiger partial charge is 0.310 e. The van der Waals surface area contributed by atoms with Crippen molar-refractivity contribution in [2.45, 2.75) is 31.3 Å². The molecular formula is C16H18INO2S. The number of carbonyl (C=O) groups is 1. The average Bonchev–Trinajstić information content (AvgIpc) is 3.02. The summed E-state index contributed by atoms with van der Waals surface area (Å²) in [6.45, 7) is 1.04. The van der Waals surface area contributed by atoms with Crippen LogP contribution in [0, 0.1) is 14.7 Å². The van der Waals surface area contributed by atoms with Crippen LogP contribution in [0.3, 0.4) is 0 Å². The molecule has 5 heteroatoms. The molecule has 1 aromatic heterocycles. The Hall–Kier alpha value is -0.400. The highest BCUT2D eigenvalue weighted by Crippen LogP contribution is 2.51. The number of hydrogen-bond donors (Lipinski definition) is 0. The van der Waals surface area contributed by atoms with Gasteiger partial charge in [-0.25, -0.2) is 0 Å². The van der Waals surface area contributed by atoms with Crippen molar-refractivity contribution in [3.8, 4) is 0 Å². The van der Waals surface area contributed by atoms with E-state index in [9.17, 15) is 4.79 Å². The van der Waals surface area contributed by atoms with Crippen LogP contribution < -0.4 is 0 Å². The quantitative estimate of drug-likeness (QED) is 0.548.